The van der Waals surface area contributed by atoms with E-state index in [4.69, 9.17) is 0 Å². The number of ether oxygens (including phenoxy) is 1. The van der Waals surface area contributed by atoms with E-state index in [0.29, 0.717) is 38.5 Å². The summed E-state index contributed by atoms with van der Waals surface area (Å²) in [5.74, 6) is -1.00. The van der Waals surface area contributed by atoms with Crippen LogP contribution in [0.4, 0.5) is 10.1 Å². The van der Waals surface area contributed by atoms with Gasteiger partial charge in [0.05, 0.1) is 18.4 Å². The van der Waals surface area contributed by atoms with Crippen LogP contribution in [0.15, 0.2) is 47.6 Å². The molecule has 0 unspecified atom stereocenters. The number of H-pyrrole nitrogens is 1. The van der Waals surface area contributed by atoms with E-state index in [2.05, 4.69) is 30.2 Å². The minimum absolute atomic E-state index is 0.0702. The summed E-state index contributed by atoms with van der Waals surface area (Å²) in [4.78, 5) is 31.0. The van der Waals surface area contributed by atoms with E-state index in [1.807, 2.05) is 0 Å². The predicted molar refractivity (Wildman–Crippen MR) is 106 cm³/mol. The zero-order chi connectivity index (χ0) is 20.4. The first-order valence-electron chi connectivity index (χ1n) is 8.46. The second-order valence-electron chi connectivity index (χ2n) is 6.01. The van der Waals surface area contributed by atoms with Crippen LogP contribution in [0.3, 0.4) is 0 Å². The highest BCUT2D eigenvalue weighted by atomic mass is 32.2. The van der Waals surface area contributed by atoms with Gasteiger partial charge in [0, 0.05) is 16.6 Å². The molecule has 10 heteroatoms. The average molecular weight is 411 g/mol. The van der Waals surface area contributed by atoms with E-state index in [0.717, 1.165) is 11.8 Å². The molecule has 4 rings (SSSR count). The van der Waals surface area contributed by atoms with Gasteiger partial charge in [-0.2, -0.15) is 0 Å². The molecule has 0 aliphatic heterocycles. The summed E-state index contributed by atoms with van der Waals surface area (Å²) in [5.41, 5.74) is 2.60. The molecule has 4 aromatic rings. The number of halogens is 1. The van der Waals surface area contributed by atoms with Gasteiger partial charge in [-0.25, -0.2) is 14.2 Å². The van der Waals surface area contributed by atoms with Crippen molar-refractivity contribution in [3.05, 3.63) is 53.8 Å². The molecule has 0 bridgehead atoms. The molecule has 0 aliphatic carbocycles. The molecule has 0 saturated carbocycles. The van der Waals surface area contributed by atoms with Crippen molar-refractivity contribution in [3.63, 3.8) is 0 Å². The molecule has 8 nitrogen and oxygen atoms in total. The van der Waals surface area contributed by atoms with Crippen molar-refractivity contribution in [2.24, 2.45) is 0 Å². The smallest absolute Gasteiger partial charge is 0.337 e. The van der Waals surface area contributed by atoms with E-state index < -0.39 is 5.97 Å². The maximum absolute atomic E-state index is 13.4. The first-order valence-corrected chi connectivity index (χ1v) is 9.45. The standard InChI is InChI=1S/C19H14FN5O3S/c1-28-18(27)10-2-5-12(6-3-10)21-15(26)9-29-19-23-17-16(24-25-19)13-8-11(20)4-7-14(13)22-17/h2-8H,9H2,1H3,(H,21,26)(H,22,23,25). The monoisotopic (exact) mass is 411 g/mol. The van der Waals surface area contributed by atoms with Gasteiger partial charge in [0.15, 0.2) is 5.65 Å². The van der Waals surface area contributed by atoms with Gasteiger partial charge in [-0.1, -0.05) is 11.8 Å². The van der Waals surface area contributed by atoms with Crippen molar-refractivity contribution in [1.29, 1.82) is 0 Å². The number of benzene rings is 2. The topological polar surface area (TPSA) is 110 Å². The van der Waals surface area contributed by atoms with Gasteiger partial charge in [0.1, 0.15) is 11.3 Å². The zero-order valence-electron chi connectivity index (χ0n) is 15.1. The molecule has 2 aromatic carbocycles. The maximum atomic E-state index is 13.4. The number of esters is 1. The number of hydrogen-bond acceptors (Lipinski definition) is 7. The van der Waals surface area contributed by atoms with Crippen LogP contribution in [0.1, 0.15) is 10.4 Å². The molecule has 0 spiro atoms. The first-order chi connectivity index (χ1) is 14.0. The number of nitrogens with zero attached hydrogens (tertiary/aromatic N) is 3. The number of thioether (sulfide) groups is 1. The van der Waals surface area contributed by atoms with Gasteiger partial charge in [0.2, 0.25) is 11.1 Å². The van der Waals surface area contributed by atoms with E-state index in [1.165, 1.54) is 19.2 Å². The Labute approximate surface area is 167 Å². The van der Waals surface area contributed by atoms with E-state index >= 15 is 0 Å². The molecular weight excluding hydrogens is 397 g/mol. The Morgan fingerprint density at radius 1 is 1.17 bits per heavy atom. The third-order valence-electron chi connectivity index (χ3n) is 4.08. The molecule has 146 valence electrons. The number of methoxy groups -OCH3 is 1. The number of fused-ring (bicyclic) bond motifs is 3. The number of amides is 1. The highest BCUT2D eigenvalue weighted by Gasteiger charge is 2.12. The SMILES string of the molecule is COC(=O)c1ccc(NC(=O)CSc2nnc3c(n2)[nH]c2ccc(F)cc23)cc1. The quantitative estimate of drug-likeness (QED) is 0.383. The number of anilines is 1. The van der Waals surface area contributed by atoms with Crippen LogP contribution in [0.25, 0.3) is 22.1 Å². The molecule has 29 heavy (non-hydrogen) atoms. The molecule has 0 saturated heterocycles. The van der Waals surface area contributed by atoms with Gasteiger partial charge in [-0.3, -0.25) is 4.79 Å². The minimum atomic E-state index is -0.446. The average Bonchev–Trinajstić information content (AvgIpc) is 3.09. The van der Waals surface area contributed by atoms with Crippen molar-refractivity contribution in [2.45, 2.75) is 5.16 Å². The second kappa shape index (κ2) is 7.84. The molecule has 0 atom stereocenters. The normalized spacial score (nSPS) is 11.0. The van der Waals surface area contributed by atoms with Crippen LogP contribution in [0.2, 0.25) is 0 Å². The van der Waals surface area contributed by atoms with E-state index in [1.54, 1.807) is 30.3 Å². The van der Waals surface area contributed by atoms with Crippen molar-refractivity contribution in [3.8, 4) is 0 Å². The summed E-state index contributed by atoms with van der Waals surface area (Å²) in [5, 5.41) is 11.8. The van der Waals surface area contributed by atoms with Crippen LogP contribution in [0, 0.1) is 5.82 Å². The Kier molecular flexibility index (Phi) is 5.09. The lowest BCUT2D eigenvalue weighted by atomic mass is 10.2. The third-order valence-corrected chi connectivity index (χ3v) is 4.92. The summed E-state index contributed by atoms with van der Waals surface area (Å²) in [6.07, 6.45) is 0. The fourth-order valence-corrected chi connectivity index (χ4v) is 3.31. The number of aromatic amines is 1. The van der Waals surface area contributed by atoms with Gasteiger partial charge < -0.3 is 15.0 Å². The fourth-order valence-electron chi connectivity index (χ4n) is 2.72. The molecule has 0 radical (unpaired) electrons. The Hall–Kier alpha value is -3.53. The van der Waals surface area contributed by atoms with Crippen molar-refractivity contribution in [2.75, 3.05) is 18.2 Å². The molecule has 1 amide bonds. The highest BCUT2D eigenvalue weighted by Crippen LogP contribution is 2.24. The number of carbonyl (C=O) groups excluding carboxylic acids is 2. The molecule has 0 aliphatic rings. The summed E-state index contributed by atoms with van der Waals surface area (Å²) >= 11 is 1.12. The Morgan fingerprint density at radius 3 is 2.72 bits per heavy atom. The van der Waals surface area contributed by atoms with Crippen LogP contribution >= 0.6 is 11.8 Å². The Balaban J connectivity index is 1.41. The fraction of sp³-hybridized carbons (Fsp3) is 0.105. The van der Waals surface area contributed by atoms with Crippen molar-refractivity contribution in [1.82, 2.24) is 20.2 Å². The number of carbonyl (C=O) groups is 2. The van der Waals surface area contributed by atoms with Gasteiger partial charge in [-0.05, 0) is 42.5 Å². The maximum Gasteiger partial charge on any atom is 0.337 e. The summed E-state index contributed by atoms with van der Waals surface area (Å²) in [6.45, 7) is 0. The molecule has 0 fully saturated rings. The Morgan fingerprint density at radius 2 is 1.97 bits per heavy atom. The Bertz CT molecular complexity index is 1230. The summed E-state index contributed by atoms with van der Waals surface area (Å²) in [6, 6.07) is 10.7. The van der Waals surface area contributed by atoms with E-state index in [9.17, 15) is 14.0 Å². The van der Waals surface area contributed by atoms with Crippen molar-refractivity contribution >= 4 is 51.4 Å². The lowest BCUT2D eigenvalue weighted by molar-refractivity contribution is -0.113. The molecule has 2 heterocycles. The third kappa shape index (κ3) is 4.02. The van der Waals surface area contributed by atoms with Crippen LogP contribution in [0.5, 0.6) is 0 Å². The lowest BCUT2D eigenvalue weighted by Gasteiger charge is -2.05. The van der Waals surface area contributed by atoms with E-state index in [-0.39, 0.29) is 17.5 Å². The molecular formula is C19H14FN5O3S. The van der Waals surface area contributed by atoms with Crippen LogP contribution < -0.4 is 5.32 Å². The summed E-state index contributed by atoms with van der Waals surface area (Å²) in [7, 11) is 1.30. The largest absolute Gasteiger partial charge is 0.465 e. The van der Waals surface area contributed by atoms with Crippen molar-refractivity contribution < 1.29 is 18.7 Å². The molecule has 2 N–H and O–H groups in total. The first kappa shape index (κ1) is 18.8. The summed E-state index contributed by atoms with van der Waals surface area (Å²) < 4.78 is 18.1. The van der Waals surface area contributed by atoms with Gasteiger partial charge in [-0.15, -0.1) is 10.2 Å². The zero-order valence-corrected chi connectivity index (χ0v) is 15.9. The highest BCUT2D eigenvalue weighted by molar-refractivity contribution is 7.99. The number of hydrogen-bond donors (Lipinski definition) is 2. The number of nitrogens with one attached hydrogen (secondary N) is 2. The van der Waals surface area contributed by atoms with Gasteiger partial charge >= 0.3 is 5.97 Å². The molecule has 2 aromatic heterocycles. The van der Waals surface area contributed by atoms with Gasteiger partial charge in [0.25, 0.3) is 0 Å². The minimum Gasteiger partial charge on any atom is -0.465 e. The lowest BCUT2D eigenvalue weighted by Crippen LogP contribution is -2.14. The predicted octanol–water partition coefficient (Wildman–Crippen LogP) is 3.16. The van der Waals surface area contributed by atoms with Crippen LogP contribution in [-0.4, -0.2) is 44.9 Å². The number of rotatable bonds is 5. The second-order valence-corrected chi connectivity index (χ2v) is 6.95. The van der Waals surface area contributed by atoms with Crippen LogP contribution in [-0.2, 0) is 9.53 Å². The number of aromatic nitrogens is 4.